The van der Waals surface area contributed by atoms with Crippen LogP contribution < -0.4 is 15.5 Å². The smallest absolute Gasteiger partial charge is 0.213 e. The normalized spacial score (nSPS) is 13.8. The van der Waals surface area contributed by atoms with Crippen LogP contribution in [-0.4, -0.2) is 32.2 Å². The van der Waals surface area contributed by atoms with Crippen LogP contribution in [0.4, 0.5) is 11.4 Å². The van der Waals surface area contributed by atoms with Gasteiger partial charge in [-0.3, -0.25) is 4.79 Å². The van der Waals surface area contributed by atoms with Gasteiger partial charge in [0.25, 0.3) is 0 Å². The Labute approximate surface area is 326 Å². The molecule has 1 amide bonds. The molecule has 6 nitrogen and oxygen atoms in total. The van der Waals surface area contributed by atoms with Crippen molar-refractivity contribution in [2.75, 3.05) is 24.3 Å². The molecule has 0 bridgehead atoms. The molecule has 1 unspecified atom stereocenters. The number of amides is 1. The van der Waals surface area contributed by atoms with Gasteiger partial charge < -0.3 is 15.5 Å². The summed E-state index contributed by atoms with van der Waals surface area (Å²) >= 11 is 0. The van der Waals surface area contributed by atoms with Crippen molar-refractivity contribution < 1.29 is 4.79 Å². The SMILES string of the molecule is CNc1ccc(-c2ccc(C3=NC(c4cccc(-c5c6ccccc6c(-c6ccccc6)c6ccccc56)c4)N=C(c4ccccc4)N3)cc2)cc1N(C)C=O. The second-order valence-corrected chi connectivity index (χ2v) is 13.9. The molecule has 0 fully saturated rings. The second kappa shape index (κ2) is 14.8. The second-order valence-electron chi connectivity index (χ2n) is 13.9. The molecule has 8 aromatic rings. The molecule has 1 atom stereocenters. The molecule has 0 saturated carbocycles. The van der Waals surface area contributed by atoms with Crippen LogP contribution in [0.15, 0.2) is 186 Å². The van der Waals surface area contributed by atoms with Gasteiger partial charge in [0.1, 0.15) is 11.7 Å². The number of fused-ring (bicyclic) bond motifs is 2. The zero-order valence-electron chi connectivity index (χ0n) is 31.1. The van der Waals surface area contributed by atoms with E-state index in [0.717, 1.165) is 62.8 Å². The van der Waals surface area contributed by atoms with Gasteiger partial charge in [-0.2, -0.15) is 0 Å². The first-order chi connectivity index (χ1) is 27.6. The van der Waals surface area contributed by atoms with Crippen molar-refractivity contribution in [2.45, 2.75) is 6.17 Å². The minimum atomic E-state index is -0.474. The Morgan fingerprint density at radius 3 is 1.57 bits per heavy atom. The fraction of sp³-hybridized carbons (Fsp3) is 0.0600. The molecule has 0 radical (unpaired) electrons. The number of carbonyl (C=O) groups is 1. The van der Waals surface area contributed by atoms with E-state index in [1.54, 1.807) is 11.9 Å². The van der Waals surface area contributed by atoms with Crippen LogP contribution >= 0.6 is 0 Å². The third kappa shape index (κ3) is 6.37. The van der Waals surface area contributed by atoms with Gasteiger partial charge in [-0.25, -0.2) is 9.98 Å². The summed E-state index contributed by atoms with van der Waals surface area (Å²) in [5.41, 5.74) is 11.4. The molecule has 0 spiro atoms. The van der Waals surface area contributed by atoms with E-state index in [9.17, 15) is 4.79 Å². The quantitative estimate of drug-likeness (QED) is 0.115. The lowest BCUT2D eigenvalue weighted by molar-refractivity contribution is -0.107. The fourth-order valence-electron chi connectivity index (χ4n) is 7.79. The van der Waals surface area contributed by atoms with E-state index in [-0.39, 0.29) is 0 Å². The van der Waals surface area contributed by atoms with Crippen molar-refractivity contribution in [1.29, 1.82) is 0 Å². The number of nitrogens with zero attached hydrogens (tertiary/aromatic N) is 3. The highest BCUT2D eigenvalue weighted by molar-refractivity contribution is 6.21. The minimum Gasteiger partial charge on any atom is -0.386 e. The van der Waals surface area contributed by atoms with Crippen LogP contribution in [0.2, 0.25) is 0 Å². The Morgan fingerprint density at radius 1 is 0.518 bits per heavy atom. The molecule has 1 heterocycles. The number of nitrogens with one attached hydrogen (secondary N) is 2. The summed E-state index contributed by atoms with van der Waals surface area (Å²) in [5, 5.41) is 11.6. The molecular formula is C50H39N5O. The first-order valence-electron chi connectivity index (χ1n) is 18.8. The maximum atomic E-state index is 11.6. The molecule has 0 aromatic heterocycles. The topological polar surface area (TPSA) is 69.1 Å². The van der Waals surface area contributed by atoms with Gasteiger partial charge in [-0.15, -0.1) is 0 Å². The highest BCUT2D eigenvalue weighted by atomic mass is 16.1. The Kier molecular flexibility index (Phi) is 9.13. The van der Waals surface area contributed by atoms with Gasteiger partial charge in [0, 0.05) is 25.2 Å². The summed E-state index contributed by atoms with van der Waals surface area (Å²) in [5.74, 6) is 1.51. The van der Waals surface area contributed by atoms with Gasteiger partial charge in [0.15, 0.2) is 6.17 Å². The number of anilines is 2. The number of rotatable bonds is 9. The van der Waals surface area contributed by atoms with Crippen molar-refractivity contribution in [1.82, 2.24) is 5.32 Å². The van der Waals surface area contributed by atoms with Gasteiger partial charge in [-0.05, 0) is 78.7 Å². The predicted molar refractivity (Wildman–Crippen MR) is 234 cm³/mol. The Morgan fingerprint density at radius 2 is 1.00 bits per heavy atom. The molecule has 1 aliphatic heterocycles. The maximum absolute atomic E-state index is 11.6. The van der Waals surface area contributed by atoms with Crippen LogP contribution in [0.1, 0.15) is 22.9 Å². The summed E-state index contributed by atoms with van der Waals surface area (Å²) < 4.78 is 0. The number of aliphatic imine (C=N–C) groups is 2. The van der Waals surface area contributed by atoms with Crippen LogP contribution in [0.3, 0.4) is 0 Å². The molecule has 270 valence electrons. The Bertz CT molecular complexity index is 2740. The van der Waals surface area contributed by atoms with E-state index in [4.69, 9.17) is 9.98 Å². The lowest BCUT2D eigenvalue weighted by Gasteiger charge is -2.23. The van der Waals surface area contributed by atoms with E-state index in [1.807, 2.05) is 37.4 Å². The lowest BCUT2D eigenvalue weighted by atomic mass is 9.85. The van der Waals surface area contributed by atoms with Gasteiger partial charge in [-0.1, -0.05) is 158 Å². The highest BCUT2D eigenvalue weighted by Crippen LogP contribution is 2.44. The standard InChI is InChI=1S/C50H39N5O/c1-51-44-29-28-37(31-45(44)55(2)32-56)33-24-26-36(27-25-33)49-52-48(35-16-7-4-8-17-35)53-50(54-49)39-19-13-18-38(30-39)47-42-22-11-9-20-40(42)46(34-14-5-3-6-15-34)41-21-10-12-23-43(41)47/h3-32,50-51H,1-2H3,(H,52,53,54). The number of carbonyl (C=O) groups excluding carboxylic acids is 1. The summed E-state index contributed by atoms with van der Waals surface area (Å²) in [4.78, 5) is 23.7. The molecule has 9 rings (SSSR count). The van der Waals surface area contributed by atoms with E-state index >= 15 is 0 Å². The number of hydrogen-bond acceptors (Lipinski definition) is 5. The van der Waals surface area contributed by atoms with E-state index in [2.05, 4.69) is 156 Å². The van der Waals surface area contributed by atoms with Crippen molar-refractivity contribution in [3.8, 4) is 33.4 Å². The van der Waals surface area contributed by atoms with Crippen molar-refractivity contribution in [3.05, 3.63) is 193 Å². The predicted octanol–water partition coefficient (Wildman–Crippen LogP) is 11.1. The summed E-state index contributed by atoms with van der Waals surface area (Å²) in [7, 11) is 3.61. The van der Waals surface area contributed by atoms with Gasteiger partial charge in [0.2, 0.25) is 6.41 Å². The molecule has 2 N–H and O–H groups in total. The van der Waals surface area contributed by atoms with E-state index in [0.29, 0.717) is 0 Å². The third-order valence-corrected chi connectivity index (χ3v) is 10.6. The van der Waals surface area contributed by atoms with Crippen LogP contribution in [-0.2, 0) is 4.79 Å². The molecule has 1 aliphatic rings. The van der Waals surface area contributed by atoms with Crippen LogP contribution in [0, 0.1) is 0 Å². The highest BCUT2D eigenvalue weighted by Gasteiger charge is 2.23. The molecular weight excluding hydrogens is 687 g/mol. The third-order valence-electron chi connectivity index (χ3n) is 10.6. The monoisotopic (exact) mass is 725 g/mol. The Balaban J connectivity index is 1.14. The average molecular weight is 726 g/mol. The fourth-order valence-corrected chi connectivity index (χ4v) is 7.79. The number of benzene rings is 8. The van der Waals surface area contributed by atoms with Crippen molar-refractivity contribution in [3.63, 3.8) is 0 Å². The Hall–Kier alpha value is -7.31. The molecule has 0 saturated heterocycles. The first kappa shape index (κ1) is 34.5. The lowest BCUT2D eigenvalue weighted by Crippen LogP contribution is -2.36. The number of amidine groups is 2. The van der Waals surface area contributed by atoms with Gasteiger partial charge in [0.05, 0.1) is 11.4 Å². The number of hydrogen-bond donors (Lipinski definition) is 2. The summed E-state index contributed by atoms with van der Waals surface area (Å²) in [6, 6.07) is 61.5. The average Bonchev–Trinajstić information content (AvgIpc) is 3.28. The summed E-state index contributed by atoms with van der Waals surface area (Å²) in [6.07, 6.45) is 0.345. The largest absolute Gasteiger partial charge is 0.386 e. The maximum Gasteiger partial charge on any atom is 0.213 e. The zero-order chi connectivity index (χ0) is 38.0. The molecule has 8 aromatic carbocycles. The molecule has 56 heavy (non-hydrogen) atoms. The van der Waals surface area contributed by atoms with Crippen LogP contribution in [0.25, 0.3) is 54.9 Å². The first-order valence-corrected chi connectivity index (χ1v) is 18.8. The van der Waals surface area contributed by atoms with Crippen molar-refractivity contribution >= 4 is 51.0 Å². The van der Waals surface area contributed by atoms with E-state index in [1.165, 1.54) is 38.2 Å². The minimum absolute atomic E-state index is 0.474. The van der Waals surface area contributed by atoms with Gasteiger partial charge >= 0.3 is 0 Å². The van der Waals surface area contributed by atoms with Crippen molar-refractivity contribution in [2.24, 2.45) is 9.98 Å². The zero-order valence-corrected chi connectivity index (χ0v) is 31.1. The van der Waals surface area contributed by atoms with E-state index < -0.39 is 6.17 Å². The summed E-state index contributed by atoms with van der Waals surface area (Å²) in [6.45, 7) is 0. The molecule has 0 aliphatic carbocycles. The van der Waals surface area contributed by atoms with Crippen LogP contribution in [0.5, 0.6) is 0 Å². The molecule has 6 heteroatoms.